The highest BCUT2D eigenvalue weighted by Gasteiger charge is 2.46. The molecule has 9 heteroatoms. The smallest absolute Gasteiger partial charge is 0.232 e. The van der Waals surface area contributed by atoms with Crippen LogP contribution in [0.2, 0.25) is 0 Å². The Bertz CT molecular complexity index is 739. The van der Waals surface area contributed by atoms with Crippen LogP contribution in [-0.4, -0.2) is 74.4 Å². The number of carbonyl (C=O) groups excluding carboxylic acids is 2. The molecule has 0 saturated carbocycles. The first-order valence-corrected chi connectivity index (χ1v) is 7.45. The van der Waals surface area contributed by atoms with E-state index in [9.17, 15) is 30.0 Å². The minimum atomic E-state index is -1.78. The number of hydrogen-bond acceptors (Lipinski definition) is 9. The van der Waals surface area contributed by atoms with Gasteiger partial charge in [0.1, 0.15) is 24.4 Å². The van der Waals surface area contributed by atoms with Crippen molar-refractivity contribution in [2.45, 2.75) is 30.7 Å². The fourth-order valence-corrected chi connectivity index (χ4v) is 2.73. The molecule has 3 rings (SSSR count). The zero-order valence-corrected chi connectivity index (χ0v) is 12.8. The van der Waals surface area contributed by atoms with Crippen LogP contribution < -0.4 is 0 Å². The van der Waals surface area contributed by atoms with E-state index < -0.39 is 60.4 Å². The lowest BCUT2D eigenvalue weighted by molar-refractivity contribution is -0.290. The summed E-state index contributed by atoms with van der Waals surface area (Å²) in [5.41, 5.74) is 0.0102. The summed E-state index contributed by atoms with van der Waals surface area (Å²) in [5, 5.41) is 48.6. The zero-order chi connectivity index (χ0) is 18.3. The number of carbonyl (C=O) groups is 2. The number of ether oxygens (including phenoxy) is 2. The van der Waals surface area contributed by atoms with E-state index >= 15 is 0 Å². The predicted octanol–water partition coefficient (Wildman–Crippen LogP) is -1.35. The average Bonchev–Trinajstić information content (AvgIpc) is 2.63. The van der Waals surface area contributed by atoms with Crippen LogP contribution >= 0.6 is 0 Å². The van der Waals surface area contributed by atoms with E-state index in [0.717, 1.165) is 0 Å². The molecule has 1 aromatic rings. The Morgan fingerprint density at radius 3 is 2.16 bits per heavy atom. The molecule has 9 nitrogen and oxygen atoms in total. The summed E-state index contributed by atoms with van der Waals surface area (Å²) in [4.78, 5) is 24.6. The molecule has 0 unspecified atom stereocenters. The van der Waals surface area contributed by atoms with Gasteiger partial charge in [0.2, 0.25) is 29.4 Å². The van der Waals surface area contributed by atoms with Crippen LogP contribution in [0, 0.1) is 0 Å². The number of benzene rings is 1. The van der Waals surface area contributed by atoms with Crippen molar-refractivity contribution in [3.63, 3.8) is 0 Å². The largest absolute Gasteiger partial charge is 0.501 e. The summed E-state index contributed by atoms with van der Waals surface area (Å²) in [6.07, 6.45) is -8.05. The highest BCUT2D eigenvalue weighted by atomic mass is 16.7. The first kappa shape index (κ1) is 17.5. The molecule has 25 heavy (non-hydrogen) atoms. The maximum absolute atomic E-state index is 12.5. The molecule has 5 atom stereocenters. The van der Waals surface area contributed by atoms with Gasteiger partial charge < -0.3 is 35.0 Å². The molecule has 0 amide bonds. The summed E-state index contributed by atoms with van der Waals surface area (Å²) in [6.45, 7) is -0.689. The number of hydrogen-bond donors (Lipinski definition) is 5. The molecule has 1 heterocycles. The molecule has 1 aromatic carbocycles. The fourth-order valence-electron chi connectivity index (χ4n) is 2.73. The Morgan fingerprint density at radius 2 is 1.56 bits per heavy atom. The molecule has 0 radical (unpaired) electrons. The third-order valence-corrected chi connectivity index (χ3v) is 4.14. The lowest BCUT2D eigenvalue weighted by Gasteiger charge is -2.39. The van der Waals surface area contributed by atoms with Crippen LogP contribution in [0.5, 0.6) is 0 Å². The normalized spacial score (nSPS) is 32.6. The van der Waals surface area contributed by atoms with Crippen molar-refractivity contribution in [3.05, 3.63) is 46.9 Å². The van der Waals surface area contributed by atoms with Gasteiger partial charge in [-0.25, -0.2) is 0 Å². The molecule has 5 N–H and O–H groups in total. The third-order valence-electron chi connectivity index (χ3n) is 4.14. The Labute approximate surface area is 141 Å². The lowest BCUT2D eigenvalue weighted by Crippen LogP contribution is -2.59. The molecule has 1 aliphatic heterocycles. The first-order valence-electron chi connectivity index (χ1n) is 7.45. The number of fused-ring (bicyclic) bond motifs is 1. The van der Waals surface area contributed by atoms with Crippen LogP contribution in [0.1, 0.15) is 20.7 Å². The second-order valence-corrected chi connectivity index (χ2v) is 5.70. The second-order valence-electron chi connectivity index (χ2n) is 5.70. The number of allylic oxidation sites excluding steroid dienone is 2. The molecule has 2 aliphatic rings. The van der Waals surface area contributed by atoms with Gasteiger partial charge in [-0.1, -0.05) is 24.3 Å². The van der Waals surface area contributed by atoms with E-state index in [1.165, 1.54) is 24.3 Å². The maximum atomic E-state index is 12.5. The monoisotopic (exact) mass is 352 g/mol. The quantitative estimate of drug-likeness (QED) is 0.444. The number of Topliss-reactive ketones (excluding diaryl/α,β-unsaturated/α-hetero) is 2. The van der Waals surface area contributed by atoms with Gasteiger partial charge in [-0.2, -0.15) is 0 Å². The van der Waals surface area contributed by atoms with Gasteiger partial charge in [0.15, 0.2) is 0 Å². The van der Waals surface area contributed by atoms with Crippen LogP contribution in [0.3, 0.4) is 0 Å². The van der Waals surface area contributed by atoms with Crippen molar-refractivity contribution in [2.75, 3.05) is 6.61 Å². The first-order chi connectivity index (χ1) is 11.9. The van der Waals surface area contributed by atoms with Crippen molar-refractivity contribution < 1.29 is 44.6 Å². The van der Waals surface area contributed by atoms with Gasteiger partial charge >= 0.3 is 0 Å². The van der Waals surface area contributed by atoms with E-state index in [1.807, 2.05) is 0 Å². The van der Waals surface area contributed by atoms with Crippen molar-refractivity contribution in [1.29, 1.82) is 0 Å². The van der Waals surface area contributed by atoms with Crippen LogP contribution in [-0.2, 0) is 9.47 Å². The molecular weight excluding hydrogens is 336 g/mol. The van der Waals surface area contributed by atoms with Crippen LogP contribution in [0.25, 0.3) is 0 Å². The number of aliphatic hydroxyl groups is 5. The Kier molecular flexibility index (Phi) is 4.58. The van der Waals surface area contributed by atoms with E-state index in [-0.39, 0.29) is 11.1 Å². The van der Waals surface area contributed by atoms with Gasteiger partial charge in [0.05, 0.1) is 6.61 Å². The highest BCUT2D eigenvalue weighted by molar-refractivity contribution is 6.25. The van der Waals surface area contributed by atoms with Crippen molar-refractivity contribution in [3.8, 4) is 0 Å². The van der Waals surface area contributed by atoms with Crippen LogP contribution in [0.15, 0.2) is 35.8 Å². The summed E-state index contributed by atoms with van der Waals surface area (Å²) < 4.78 is 10.3. The maximum Gasteiger partial charge on any atom is 0.232 e. The lowest BCUT2D eigenvalue weighted by atomic mass is 9.92. The summed E-state index contributed by atoms with van der Waals surface area (Å²) in [5.74, 6) is -3.34. The van der Waals surface area contributed by atoms with E-state index in [4.69, 9.17) is 14.6 Å². The van der Waals surface area contributed by atoms with Crippen molar-refractivity contribution in [2.24, 2.45) is 0 Å². The van der Waals surface area contributed by atoms with Crippen LogP contribution in [0.4, 0.5) is 0 Å². The van der Waals surface area contributed by atoms with Gasteiger partial charge in [0.25, 0.3) is 0 Å². The molecule has 1 aliphatic carbocycles. The third kappa shape index (κ3) is 2.81. The second kappa shape index (κ2) is 6.54. The summed E-state index contributed by atoms with van der Waals surface area (Å²) in [7, 11) is 0. The summed E-state index contributed by atoms with van der Waals surface area (Å²) >= 11 is 0. The van der Waals surface area contributed by atoms with Crippen molar-refractivity contribution in [1.82, 2.24) is 0 Å². The zero-order valence-electron chi connectivity index (χ0n) is 12.8. The minimum Gasteiger partial charge on any atom is -0.501 e. The summed E-state index contributed by atoms with van der Waals surface area (Å²) in [6, 6.07) is 5.80. The van der Waals surface area contributed by atoms with E-state index in [1.54, 1.807) is 0 Å². The predicted molar refractivity (Wildman–Crippen MR) is 79.6 cm³/mol. The SMILES string of the molecule is O=C1C(O)=C(O[C@H]2O[C@@H](CO)[C@@H](O)[C@@H](O)[C@@H]2O)C(=O)c2ccccc21. The number of ketones is 2. The molecule has 1 fully saturated rings. The highest BCUT2D eigenvalue weighted by Crippen LogP contribution is 2.30. The van der Waals surface area contributed by atoms with Crippen molar-refractivity contribution >= 4 is 11.6 Å². The van der Waals surface area contributed by atoms with Gasteiger partial charge in [0, 0.05) is 11.1 Å². The number of aliphatic hydroxyl groups excluding tert-OH is 5. The minimum absolute atomic E-state index is 0.00453. The van der Waals surface area contributed by atoms with E-state index in [2.05, 4.69) is 0 Å². The number of rotatable bonds is 3. The topological polar surface area (TPSA) is 154 Å². The molecule has 0 bridgehead atoms. The Balaban J connectivity index is 1.91. The molecule has 134 valence electrons. The Morgan fingerprint density at radius 1 is 0.960 bits per heavy atom. The molecule has 0 aromatic heterocycles. The fraction of sp³-hybridized carbons (Fsp3) is 0.375. The standard InChI is InChI=1S/C16H16O9/c17-5-8-11(20)12(21)14(23)16(24-8)25-15-10(19)7-4-2-1-3-6(7)9(18)13(15)22/h1-4,8,11-12,14,16-17,20-23H,5H2/t8-,11+,12+,14-,16+/m0/s1. The van der Waals surface area contributed by atoms with Gasteiger partial charge in [-0.3, -0.25) is 9.59 Å². The van der Waals surface area contributed by atoms with Gasteiger partial charge in [-0.15, -0.1) is 0 Å². The Hall–Kier alpha value is -2.30. The molecule has 1 saturated heterocycles. The molecular formula is C16H16O9. The average molecular weight is 352 g/mol. The van der Waals surface area contributed by atoms with E-state index in [0.29, 0.717) is 0 Å². The van der Waals surface area contributed by atoms with Gasteiger partial charge in [-0.05, 0) is 0 Å². The molecule has 0 spiro atoms.